The minimum atomic E-state index is -3.74. The third kappa shape index (κ3) is 4.77. The Kier molecular flexibility index (Phi) is 5.94. The fourth-order valence-corrected chi connectivity index (χ4v) is 4.63. The molecule has 0 saturated heterocycles. The summed E-state index contributed by atoms with van der Waals surface area (Å²) in [6, 6.07) is 18.8. The zero-order chi connectivity index (χ0) is 21.1. The van der Waals surface area contributed by atoms with Crippen LogP contribution in [0.5, 0.6) is 0 Å². The van der Waals surface area contributed by atoms with E-state index in [1.165, 1.54) is 18.4 Å². The van der Waals surface area contributed by atoms with E-state index >= 15 is 0 Å². The van der Waals surface area contributed by atoms with Gasteiger partial charge in [0.15, 0.2) is 9.84 Å². The highest BCUT2D eigenvalue weighted by atomic mass is 32.2. The molecule has 1 amide bonds. The van der Waals surface area contributed by atoms with Crippen LogP contribution in [0.25, 0.3) is 0 Å². The molecule has 1 N–H and O–H groups in total. The average molecular weight is 412 g/mol. The SMILES string of the molecule is CC(C)(C)c1ccc(C(=O)NC[C@@H](c2ccco2)S(=O)(=O)c2ccccc2)cc1. The molecule has 0 bridgehead atoms. The molecule has 1 aromatic heterocycles. The fraction of sp³-hybridized carbons (Fsp3) is 0.261. The molecule has 1 heterocycles. The second-order valence-corrected chi connectivity index (χ2v) is 10.0. The molecule has 0 radical (unpaired) electrons. The third-order valence-corrected chi connectivity index (χ3v) is 6.85. The number of sulfone groups is 1. The van der Waals surface area contributed by atoms with Crippen LogP contribution in [-0.4, -0.2) is 20.9 Å². The van der Waals surface area contributed by atoms with Crippen LogP contribution >= 0.6 is 0 Å². The van der Waals surface area contributed by atoms with Crippen molar-refractivity contribution in [1.82, 2.24) is 5.32 Å². The molecule has 2 aromatic carbocycles. The maximum Gasteiger partial charge on any atom is 0.251 e. The minimum Gasteiger partial charge on any atom is -0.468 e. The van der Waals surface area contributed by atoms with Crippen LogP contribution in [-0.2, 0) is 15.3 Å². The van der Waals surface area contributed by atoms with E-state index in [1.54, 1.807) is 42.5 Å². The lowest BCUT2D eigenvalue weighted by atomic mass is 9.87. The summed E-state index contributed by atoms with van der Waals surface area (Å²) in [6.07, 6.45) is 1.43. The first kappa shape index (κ1) is 20.9. The number of hydrogen-bond donors (Lipinski definition) is 1. The van der Waals surface area contributed by atoms with Crippen molar-refractivity contribution in [3.05, 3.63) is 89.9 Å². The van der Waals surface area contributed by atoms with E-state index in [9.17, 15) is 13.2 Å². The molecule has 0 spiro atoms. The van der Waals surface area contributed by atoms with E-state index in [0.717, 1.165) is 5.56 Å². The summed E-state index contributed by atoms with van der Waals surface area (Å²) in [5, 5.41) is 1.73. The van der Waals surface area contributed by atoms with Gasteiger partial charge in [-0.1, -0.05) is 51.1 Å². The van der Waals surface area contributed by atoms with Crippen molar-refractivity contribution in [2.45, 2.75) is 36.3 Å². The van der Waals surface area contributed by atoms with Gasteiger partial charge in [-0.3, -0.25) is 4.79 Å². The molecular weight excluding hydrogens is 386 g/mol. The lowest BCUT2D eigenvalue weighted by Crippen LogP contribution is -2.31. The third-order valence-electron chi connectivity index (χ3n) is 4.77. The zero-order valence-corrected chi connectivity index (χ0v) is 17.6. The van der Waals surface area contributed by atoms with E-state index in [0.29, 0.717) is 5.56 Å². The molecule has 1 atom stereocenters. The highest BCUT2D eigenvalue weighted by Crippen LogP contribution is 2.29. The van der Waals surface area contributed by atoms with E-state index < -0.39 is 15.1 Å². The second-order valence-electron chi connectivity index (χ2n) is 7.90. The van der Waals surface area contributed by atoms with Crippen LogP contribution in [0, 0.1) is 0 Å². The Morgan fingerprint density at radius 1 is 0.966 bits per heavy atom. The number of carbonyl (C=O) groups is 1. The first-order valence-electron chi connectivity index (χ1n) is 9.40. The van der Waals surface area contributed by atoms with Gasteiger partial charge in [-0.05, 0) is 47.4 Å². The summed E-state index contributed by atoms with van der Waals surface area (Å²) in [7, 11) is -3.74. The van der Waals surface area contributed by atoms with Gasteiger partial charge < -0.3 is 9.73 Å². The Balaban J connectivity index is 1.80. The number of carbonyl (C=O) groups excluding carboxylic acids is 1. The van der Waals surface area contributed by atoms with E-state index in [1.807, 2.05) is 12.1 Å². The summed E-state index contributed by atoms with van der Waals surface area (Å²) >= 11 is 0. The maximum absolute atomic E-state index is 13.1. The van der Waals surface area contributed by atoms with Crippen molar-refractivity contribution in [3.8, 4) is 0 Å². The predicted molar refractivity (Wildman–Crippen MR) is 113 cm³/mol. The van der Waals surface area contributed by atoms with Crippen molar-refractivity contribution < 1.29 is 17.6 Å². The molecule has 3 aromatic rings. The lowest BCUT2D eigenvalue weighted by Gasteiger charge is -2.19. The summed E-state index contributed by atoms with van der Waals surface area (Å²) in [5.74, 6) is -0.0393. The monoisotopic (exact) mass is 411 g/mol. The minimum absolute atomic E-state index is 0.0108. The number of furan rings is 1. The fourth-order valence-electron chi connectivity index (χ4n) is 3.02. The first-order valence-corrected chi connectivity index (χ1v) is 11.0. The molecule has 0 unspecified atom stereocenters. The van der Waals surface area contributed by atoms with Crippen LogP contribution in [0.4, 0.5) is 0 Å². The summed E-state index contributed by atoms with van der Waals surface area (Å²) in [4.78, 5) is 12.8. The highest BCUT2D eigenvalue weighted by Gasteiger charge is 2.31. The van der Waals surface area contributed by atoms with Crippen LogP contribution in [0.2, 0.25) is 0 Å². The number of benzene rings is 2. The van der Waals surface area contributed by atoms with Gasteiger partial charge in [-0.2, -0.15) is 0 Å². The summed E-state index contributed by atoms with van der Waals surface area (Å²) in [5.41, 5.74) is 1.59. The standard InChI is InChI=1S/C23H25NO4S/c1-23(2,3)18-13-11-17(12-14-18)22(25)24-16-21(20-10-7-15-28-20)29(26,27)19-8-5-4-6-9-19/h4-15,21H,16H2,1-3H3,(H,24,25)/t21-/m0/s1. The van der Waals surface area contributed by atoms with E-state index in [4.69, 9.17) is 4.42 Å². The van der Waals surface area contributed by atoms with Gasteiger partial charge in [0.25, 0.3) is 5.91 Å². The van der Waals surface area contributed by atoms with E-state index in [2.05, 4.69) is 26.1 Å². The van der Waals surface area contributed by atoms with E-state index in [-0.39, 0.29) is 28.5 Å². The van der Waals surface area contributed by atoms with Crippen LogP contribution in [0.3, 0.4) is 0 Å². The normalized spacial score (nSPS) is 13.1. The highest BCUT2D eigenvalue weighted by molar-refractivity contribution is 7.91. The molecule has 5 nitrogen and oxygen atoms in total. The van der Waals surface area contributed by atoms with Gasteiger partial charge in [0.05, 0.1) is 11.2 Å². The number of amides is 1. The summed E-state index contributed by atoms with van der Waals surface area (Å²) < 4.78 is 31.6. The van der Waals surface area contributed by atoms with Gasteiger partial charge in [-0.15, -0.1) is 0 Å². The molecule has 3 rings (SSSR count). The predicted octanol–water partition coefficient (Wildman–Crippen LogP) is 4.52. The Bertz CT molecular complexity index is 1050. The quantitative estimate of drug-likeness (QED) is 0.647. The van der Waals surface area contributed by atoms with Gasteiger partial charge in [0.1, 0.15) is 11.0 Å². The van der Waals surface area contributed by atoms with Crippen molar-refractivity contribution in [1.29, 1.82) is 0 Å². The molecule has 152 valence electrons. The number of hydrogen-bond acceptors (Lipinski definition) is 4. The first-order chi connectivity index (χ1) is 13.7. The van der Waals surface area contributed by atoms with Crippen LogP contribution in [0.15, 0.2) is 82.3 Å². The Labute approximate surface area is 171 Å². The smallest absolute Gasteiger partial charge is 0.251 e. The molecule has 29 heavy (non-hydrogen) atoms. The lowest BCUT2D eigenvalue weighted by molar-refractivity contribution is 0.0953. The molecule has 0 saturated carbocycles. The number of nitrogens with one attached hydrogen (secondary N) is 1. The van der Waals surface area contributed by atoms with Gasteiger partial charge >= 0.3 is 0 Å². The molecule has 0 aliphatic rings. The maximum atomic E-state index is 13.1. The zero-order valence-electron chi connectivity index (χ0n) is 16.8. The molecule has 6 heteroatoms. The van der Waals surface area contributed by atoms with Crippen LogP contribution < -0.4 is 5.32 Å². The molecule has 0 aliphatic heterocycles. The largest absolute Gasteiger partial charge is 0.468 e. The Hall–Kier alpha value is -2.86. The molecular formula is C23H25NO4S. The van der Waals surface area contributed by atoms with Crippen LogP contribution in [0.1, 0.15) is 47.7 Å². The second kappa shape index (κ2) is 8.25. The van der Waals surface area contributed by atoms with Crippen molar-refractivity contribution in [2.24, 2.45) is 0 Å². The van der Waals surface area contributed by atoms with Crippen molar-refractivity contribution >= 4 is 15.7 Å². The van der Waals surface area contributed by atoms with Gasteiger partial charge in [-0.25, -0.2) is 8.42 Å². The average Bonchev–Trinajstić information content (AvgIpc) is 3.22. The summed E-state index contributed by atoms with van der Waals surface area (Å²) in [6.45, 7) is 6.21. The van der Waals surface area contributed by atoms with Crippen molar-refractivity contribution in [3.63, 3.8) is 0 Å². The molecule has 0 aliphatic carbocycles. The Morgan fingerprint density at radius 2 is 1.62 bits per heavy atom. The van der Waals surface area contributed by atoms with Crippen molar-refractivity contribution in [2.75, 3.05) is 6.54 Å². The topological polar surface area (TPSA) is 76.4 Å². The number of rotatable bonds is 6. The van der Waals surface area contributed by atoms with Gasteiger partial charge in [0.2, 0.25) is 0 Å². The van der Waals surface area contributed by atoms with Gasteiger partial charge in [0, 0.05) is 12.1 Å². The Morgan fingerprint density at radius 3 is 2.17 bits per heavy atom. The molecule has 0 fully saturated rings.